The van der Waals surface area contributed by atoms with Gasteiger partial charge < -0.3 is 14.5 Å². The Morgan fingerprint density at radius 2 is 1.77 bits per heavy atom. The molecule has 0 atom stereocenters. The summed E-state index contributed by atoms with van der Waals surface area (Å²) in [7, 11) is -3.87. The van der Waals surface area contributed by atoms with Crippen LogP contribution in [-0.2, 0) is 16.6 Å². The molecule has 1 aromatic carbocycles. The average Bonchev–Trinajstić information content (AvgIpc) is 3.54. The van der Waals surface area contributed by atoms with Gasteiger partial charge in [0.25, 0.3) is 15.9 Å². The van der Waals surface area contributed by atoms with E-state index in [0.29, 0.717) is 52.4 Å². The molecular weight excluding hydrogens is 418 g/mol. The van der Waals surface area contributed by atoms with Crippen LogP contribution in [0.15, 0.2) is 35.5 Å². The van der Waals surface area contributed by atoms with Gasteiger partial charge in [-0.2, -0.15) is 9.40 Å². The lowest BCUT2D eigenvalue weighted by Gasteiger charge is -2.35. The number of hydrogen-bond acceptors (Lipinski definition) is 6. The van der Waals surface area contributed by atoms with Crippen molar-refractivity contribution in [3.8, 4) is 5.75 Å². The molecule has 0 N–H and O–H groups in total. The van der Waals surface area contributed by atoms with Crippen LogP contribution >= 0.6 is 0 Å². The van der Waals surface area contributed by atoms with Crippen molar-refractivity contribution in [2.24, 2.45) is 0 Å². The molecule has 10 heteroatoms. The highest BCUT2D eigenvalue weighted by Gasteiger charge is 2.37. The Morgan fingerprint density at radius 3 is 2.42 bits per heavy atom. The Bertz CT molecular complexity index is 1040. The topological polar surface area (TPSA) is 87.8 Å². The maximum Gasteiger partial charge on any atom is 0.263 e. The molecule has 3 heterocycles. The fraction of sp³-hybridized carbons (Fsp3) is 0.524. The largest absolute Gasteiger partial charge is 0.492 e. The van der Waals surface area contributed by atoms with Crippen molar-refractivity contribution < 1.29 is 17.9 Å². The average molecular weight is 448 g/mol. The van der Waals surface area contributed by atoms with Gasteiger partial charge in [-0.05, 0) is 25.5 Å². The van der Waals surface area contributed by atoms with E-state index < -0.39 is 10.0 Å². The molecule has 0 bridgehead atoms. The summed E-state index contributed by atoms with van der Waals surface area (Å²) in [6, 6.07) is 7.79. The Morgan fingerprint density at radius 1 is 1.06 bits per heavy atom. The third-order valence-electron chi connectivity index (χ3n) is 5.47. The summed E-state index contributed by atoms with van der Waals surface area (Å²) in [6.45, 7) is 8.10. The molecule has 1 aromatic heterocycles. The van der Waals surface area contributed by atoms with Gasteiger partial charge >= 0.3 is 0 Å². The fourth-order valence-electron chi connectivity index (χ4n) is 3.80. The molecule has 0 saturated carbocycles. The number of aryl methyl sites for hydroxylation is 1. The van der Waals surface area contributed by atoms with E-state index >= 15 is 0 Å². The van der Waals surface area contributed by atoms with Gasteiger partial charge in [0.2, 0.25) is 5.03 Å². The lowest BCUT2D eigenvalue weighted by atomic mass is 10.2. The highest BCUT2D eigenvalue weighted by Crippen LogP contribution is 2.30. The van der Waals surface area contributed by atoms with Crippen LogP contribution in [0.1, 0.15) is 30.6 Å². The number of nitrogens with zero attached hydrogens (tertiary/aromatic N) is 5. The van der Waals surface area contributed by atoms with Crippen LogP contribution in [0.4, 0.5) is 5.69 Å². The smallest absolute Gasteiger partial charge is 0.263 e. The second-order valence-electron chi connectivity index (χ2n) is 7.70. The van der Waals surface area contributed by atoms with Gasteiger partial charge in [0.15, 0.2) is 0 Å². The molecule has 2 aliphatic heterocycles. The summed E-state index contributed by atoms with van der Waals surface area (Å²) in [5, 5.41) is 4.18. The minimum Gasteiger partial charge on any atom is -0.492 e. The summed E-state index contributed by atoms with van der Waals surface area (Å²) < 4.78 is 35.6. The van der Waals surface area contributed by atoms with E-state index in [9.17, 15) is 13.2 Å². The van der Waals surface area contributed by atoms with E-state index in [2.05, 4.69) is 10.00 Å². The Kier molecular flexibility index (Phi) is 6.19. The van der Waals surface area contributed by atoms with Gasteiger partial charge in [0, 0.05) is 52.0 Å². The Balaban J connectivity index is 1.54. The zero-order valence-corrected chi connectivity index (χ0v) is 18.8. The molecule has 31 heavy (non-hydrogen) atoms. The van der Waals surface area contributed by atoms with Gasteiger partial charge in [0.1, 0.15) is 5.75 Å². The van der Waals surface area contributed by atoms with Crippen LogP contribution < -0.4 is 9.64 Å². The van der Waals surface area contributed by atoms with Gasteiger partial charge in [-0.25, -0.2) is 8.42 Å². The maximum atomic E-state index is 13.4. The molecule has 2 saturated heterocycles. The van der Waals surface area contributed by atoms with E-state index in [-0.39, 0.29) is 16.5 Å². The molecule has 2 aromatic rings. The number of ether oxygens (including phenoxy) is 1. The number of piperazine rings is 1. The lowest BCUT2D eigenvalue weighted by Crippen LogP contribution is -2.49. The highest BCUT2D eigenvalue weighted by molar-refractivity contribution is 7.89. The van der Waals surface area contributed by atoms with Crippen molar-refractivity contribution in [2.75, 3.05) is 50.8 Å². The van der Waals surface area contributed by atoms with Crippen LogP contribution in [-0.4, -0.2) is 79.2 Å². The molecule has 2 fully saturated rings. The van der Waals surface area contributed by atoms with Crippen LogP contribution in [0.3, 0.4) is 0 Å². The Labute approximate surface area is 183 Å². The monoisotopic (exact) mass is 447 g/mol. The minimum atomic E-state index is -3.87. The van der Waals surface area contributed by atoms with Gasteiger partial charge in [-0.3, -0.25) is 9.48 Å². The zero-order chi connectivity index (χ0) is 22.0. The van der Waals surface area contributed by atoms with E-state index in [4.69, 9.17) is 4.74 Å². The predicted molar refractivity (Wildman–Crippen MR) is 117 cm³/mol. The van der Waals surface area contributed by atoms with Crippen LogP contribution in [0, 0.1) is 0 Å². The second-order valence-corrected chi connectivity index (χ2v) is 9.55. The summed E-state index contributed by atoms with van der Waals surface area (Å²) in [5.41, 5.74) is 1.14. The van der Waals surface area contributed by atoms with Crippen molar-refractivity contribution in [1.82, 2.24) is 19.0 Å². The summed E-state index contributed by atoms with van der Waals surface area (Å²) in [4.78, 5) is 16.4. The Hall–Kier alpha value is -2.59. The van der Waals surface area contributed by atoms with Crippen LogP contribution in [0.25, 0.3) is 0 Å². The molecule has 0 spiro atoms. The van der Waals surface area contributed by atoms with E-state index in [1.165, 1.54) is 4.31 Å². The molecule has 9 nitrogen and oxygen atoms in total. The quantitative estimate of drug-likeness (QED) is 0.572. The third kappa shape index (κ3) is 4.40. The first-order valence-electron chi connectivity index (χ1n) is 10.8. The predicted octanol–water partition coefficient (Wildman–Crippen LogP) is 1.66. The normalized spacial score (nSPS) is 17.1. The van der Waals surface area contributed by atoms with Crippen molar-refractivity contribution in [2.45, 2.75) is 31.8 Å². The first-order chi connectivity index (χ1) is 15.0. The number of benzene rings is 1. The van der Waals surface area contributed by atoms with Crippen molar-refractivity contribution in [3.05, 3.63) is 36.0 Å². The maximum absolute atomic E-state index is 13.4. The molecule has 0 unspecified atom stereocenters. The zero-order valence-electron chi connectivity index (χ0n) is 18.0. The van der Waals surface area contributed by atoms with Crippen LogP contribution in [0.2, 0.25) is 0 Å². The number of carbonyl (C=O) groups is 1. The third-order valence-corrected chi connectivity index (χ3v) is 7.31. The van der Waals surface area contributed by atoms with Gasteiger partial charge in [-0.15, -0.1) is 0 Å². The van der Waals surface area contributed by atoms with Gasteiger partial charge in [-0.1, -0.05) is 19.1 Å². The number of sulfonamides is 1. The number of carbonyl (C=O) groups excluding carboxylic acids is 1. The van der Waals surface area contributed by atoms with E-state index in [1.807, 2.05) is 38.1 Å². The van der Waals surface area contributed by atoms with Crippen molar-refractivity contribution in [3.63, 3.8) is 0 Å². The number of para-hydroxylation sites is 2. The molecule has 0 radical (unpaired) electrons. The molecule has 1 amide bonds. The molecule has 0 aliphatic carbocycles. The van der Waals surface area contributed by atoms with Crippen molar-refractivity contribution >= 4 is 21.6 Å². The van der Waals surface area contributed by atoms with Gasteiger partial charge in [0.05, 0.1) is 17.9 Å². The lowest BCUT2D eigenvalue weighted by molar-refractivity contribution is 0.0881. The second kappa shape index (κ2) is 8.88. The van der Waals surface area contributed by atoms with E-state index in [0.717, 1.165) is 17.9 Å². The molecule has 2 aliphatic rings. The summed E-state index contributed by atoms with van der Waals surface area (Å²) in [6.07, 6.45) is 2.38. The van der Waals surface area contributed by atoms with Crippen LogP contribution in [0.5, 0.6) is 5.75 Å². The first kappa shape index (κ1) is 21.6. The molecule has 168 valence electrons. The standard InChI is InChI=1S/C21H29N5O4S/c1-3-9-25-16-17(21(27)24-10-11-24)20(22-25)31(28,29)26-14-12-23(13-15-26)18-7-5-6-8-19(18)30-4-2/h5-8,16H,3-4,9-15H2,1-2H3. The summed E-state index contributed by atoms with van der Waals surface area (Å²) in [5.74, 6) is 0.538. The number of hydrogen-bond donors (Lipinski definition) is 0. The number of aromatic nitrogens is 2. The highest BCUT2D eigenvalue weighted by atomic mass is 32.2. The number of amides is 1. The molecular formula is C21H29N5O4S. The van der Waals surface area contributed by atoms with E-state index in [1.54, 1.807) is 15.8 Å². The first-order valence-corrected chi connectivity index (χ1v) is 12.2. The summed E-state index contributed by atoms with van der Waals surface area (Å²) >= 11 is 0. The fourth-order valence-corrected chi connectivity index (χ4v) is 5.31. The minimum absolute atomic E-state index is 0.124. The number of rotatable bonds is 8. The van der Waals surface area contributed by atoms with Crippen molar-refractivity contribution in [1.29, 1.82) is 0 Å². The number of anilines is 1. The molecule has 4 rings (SSSR count). The SMILES string of the molecule is CCCn1cc(C(=O)N2CC2)c(S(=O)(=O)N2CCN(c3ccccc3OCC)CC2)n1.